The third kappa shape index (κ3) is 3.18. The van der Waals surface area contributed by atoms with Crippen LogP contribution in [0.1, 0.15) is 5.56 Å². The zero-order chi connectivity index (χ0) is 31.5. The summed E-state index contributed by atoms with van der Waals surface area (Å²) in [5.41, 5.74) is 9.61. The summed E-state index contributed by atoms with van der Waals surface area (Å²) in [6.07, 6.45) is 0. The molecule has 0 atom stereocenters. The Morgan fingerprint density at radius 3 is 2.08 bits per heavy atom. The van der Waals surface area contributed by atoms with Gasteiger partial charge in [0, 0.05) is 43.3 Å². The van der Waals surface area contributed by atoms with Crippen molar-refractivity contribution >= 4 is 81.7 Å². The Bertz CT molecular complexity index is 3190. The van der Waals surface area contributed by atoms with E-state index < -0.39 is 0 Å². The third-order valence-electron chi connectivity index (χ3n) is 10.0. The van der Waals surface area contributed by atoms with Crippen LogP contribution >= 0.6 is 0 Å². The van der Waals surface area contributed by atoms with Gasteiger partial charge in [-0.05, 0) is 47.9 Å². The van der Waals surface area contributed by atoms with Crippen LogP contribution in [0.25, 0.3) is 98.8 Å². The first-order valence-corrected chi connectivity index (χ1v) is 16.1. The van der Waals surface area contributed by atoms with Crippen LogP contribution in [0.4, 0.5) is 0 Å². The normalized spacial score (nSPS) is 12.1. The van der Waals surface area contributed by atoms with E-state index in [1.807, 2.05) is 48.5 Å². The van der Waals surface area contributed by atoms with Gasteiger partial charge in [0.25, 0.3) is 0 Å². The number of para-hydroxylation sites is 4. The van der Waals surface area contributed by atoms with Gasteiger partial charge in [-0.15, -0.1) is 0 Å². The lowest BCUT2D eigenvalue weighted by atomic mass is 10.00. The van der Waals surface area contributed by atoms with E-state index in [0.29, 0.717) is 5.56 Å². The molecule has 0 saturated heterocycles. The number of fused-ring (bicyclic) bond motifs is 13. The fraction of sp³-hybridized carbons (Fsp3) is 0. The van der Waals surface area contributed by atoms with E-state index in [9.17, 15) is 5.26 Å². The number of hydrogen-bond acceptors (Lipinski definition) is 3. The van der Waals surface area contributed by atoms with Crippen LogP contribution in [0.2, 0.25) is 0 Å². The first-order chi connectivity index (χ1) is 23.8. The van der Waals surface area contributed by atoms with Gasteiger partial charge in [0.05, 0.1) is 50.2 Å². The molecule has 0 fully saturated rings. The fourth-order valence-electron chi connectivity index (χ4n) is 8.07. The highest BCUT2D eigenvalue weighted by Gasteiger charge is 2.26. The summed E-state index contributed by atoms with van der Waals surface area (Å²) in [5.74, 6) is 0.738. The Balaban J connectivity index is 1.40. The molecular weight excluding hydrogens is 587 g/mol. The molecule has 0 amide bonds. The van der Waals surface area contributed by atoms with Crippen molar-refractivity contribution in [2.45, 2.75) is 0 Å². The summed E-state index contributed by atoms with van der Waals surface area (Å²) in [6.45, 7) is 0. The minimum atomic E-state index is 0.585. The quantitative estimate of drug-likeness (QED) is 0.196. The van der Waals surface area contributed by atoms with Gasteiger partial charge in [-0.1, -0.05) is 97.1 Å². The average Bonchev–Trinajstić information content (AvgIpc) is 3.78. The minimum Gasteiger partial charge on any atom is -0.307 e. The van der Waals surface area contributed by atoms with Gasteiger partial charge in [-0.3, -0.25) is 4.57 Å². The molecule has 5 heteroatoms. The number of rotatable bonds is 2. The van der Waals surface area contributed by atoms with Gasteiger partial charge in [-0.25, -0.2) is 9.97 Å². The summed E-state index contributed by atoms with van der Waals surface area (Å²) in [5, 5.41) is 19.5. The summed E-state index contributed by atoms with van der Waals surface area (Å²) >= 11 is 0. The van der Waals surface area contributed by atoms with Gasteiger partial charge < -0.3 is 4.40 Å². The van der Waals surface area contributed by atoms with Crippen LogP contribution in [0.3, 0.4) is 0 Å². The van der Waals surface area contributed by atoms with Crippen LogP contribution in [0.5, 0.6) is 0 Å². The summed E-state index contributed by atoms with van der Waals surface area (Å²) in [6, 6.07) is 50.9. The van der Waals surface area contributed by atoms with Gasteiger partial charge >= 0.3 is 0 Å². The molecule has 11 aromatic rings. The lowest BCUT2D eigenvalue weighted by molar-refractivity contribution is 1.08. The highest BCUT2D eigenvalue weighted by Crippen LogP contribution is 2.48. The van der Waals surface area contributed by atoms with Crippen molar-refractivity contribution in [3.63, 3.8) is 0 Å². The van der Waals surface area contributed by atoms with Crippen molar-refractivity contribution in [3.05, 3.63) is 145 Å². The molecule has 48 heavy (non-hydrogen) atoms. The largest absolute Gasteiger partial charge is 0.307 e. The lowest BCUT2D eigenvalue weighted by Crippen LogP contribution is -2.03. The Hall–Kier alpha value is -6.77. The molecule has 5 nitrogen and oxygen atoms in total. The zero-order valence-electron chi connectivity index (χ0n) is 25.5. The van der Waals surface area contributed by atoms with Crippen molar-refractivity contribution in [3.8, 4) is 23.1 Å². The van der Waals surface area contributed by atoms with Crippen LogP contribution in [0, 0.1) is 11.3 Å². The molecule has 0 spiro atoms. The van der Waals surface area contributed by atoms with Crippen LogP contribution < -0.4 is 0 Å². The molecule has 0 unspecified atom stereocenters. The Morgan fingerprint density at radius 2 is 1.23 bits per heavy atom. The monoisotopic (exact) mass is 609 g/mol. The lowest BCUT2D eigenvalue weighted by Gasteiger charge is -2.14. The van der Waals surface area contributed by atoms with E-state index in [4.69, 9.17) is 9.97 Å². The van der Waals surface area contributed by atoms with Crippen LogP contribution in [-0.2, 0) is 0 Å². The molecule has 4 heterocycles. The second-order valence-electron chi connectivity index (χ2n) is 12.5. The molecule has 0 aliphatic carbocycles. The van der Waals surface area contributed by atoms with Crippen molar-refractivity contribution < 1.29 is 0 Å². The molecule has 4 aromatic heterocycles. The second-order valence-corrected chi connectivity index (χ2v) is 12.5. The van der Waals surface area contributed by atoms with Gasteiger partial charge in [-0.2, -0.15) is 5.26 Å². The molecular formula is C43H23N5. The summed E-state index contributed by atoms with van der Waals surface area (Å²) in [7, 11) is 0. The van der Waals surface area contributed by atoms with Gasteiger partial charge in [0.15, 0.2) is 5.82 Å². The molecule has 0 aliphatic heterocycles. The first kappa shape index (κ1) is 25.4. The predicted molar refractivity (Wildman–Crippen MR) is 196 cm³/mol. The van der Waals surface area contributed by atoms with Gasteiger partial charge in [0.1, 0.15) is 5.69 Å². The average molecular weight is 610 g/mol. The van der Waals surface area contributed by atoms with Crippen LogP contribution in [-0.4, -0.2) is 18.9 Å². The zero-order valence-corrected chi connectivity index (χ0v) is 25.5. The fourth-order valence-corrected chi connectivity index (χ4v) is 8.07. The van der Waals surface area contributed by atoms with Crippen molar-refractivity contribution in [2.75, 3.05) is 0 Å². The van der Waals surface area contributed by atoms with Crippen molar-refractivity contribution in [2.24, 2.45) is 0 Å². The maximum atomic E-state index is 9.80. The Kier molecular flexibility index (Phi) is 4.85. The standard InChI is InChI=1S/C43H23N5/c44-24-25-10-9-12-27(22-25)40-43(46-34-17-6-5-16-33(34)45-40)47-36-19-8-4-15-30(36)38-37(47)23-32-29-14-3-7-18-35(29)48-41-28-13-2-1-11-26(28)20-21-31(41)39(38)42(32)48/h1-23H. The molecule has 7 aromatic carbocycles. The number of aromatic nitrogens is 4. The molecule has 220 valence electrons. The molecule has 0 radical (unpaired) electrons. The molecule has 0 aliphatic rings. The third-order valence-corrected chi connectivity index (χ3v) is 10.0. The molecule has 0 N–H and O–H groups in total. The Morgan fingerprint density at radius 1 is 0.500 bits per heavy atom. The molecule has 0 bridgehead atoms. The second kappa shape index (κ2) is 9.16. The SMILES string of the molecule is N#Cc1cccc(-c2nc3ccccc3nc2-n2c3ccccc3c3c4c5ccc6ccccc6c5n5c6ccccc6c(cc32)c45)c1. The molecule has 11 rings (SSSR count). The summed E-state index contributed by atoms with van der Waals surface area (Å²) < 4.78 is 4.78. The molecule has 0 saturated carbocycles. The van der Waals surface area contributed by atoms with Crippen molar-refractivity contribution in [1.82, 2.24) is 18.9 Å². The van der Waals surface area contributed by atoms with E-state index in [2.05, 4.69) is 106 Å². The van der Waals surface area contributed by atoms with E-state index in [1.54, 1.807) is 0 Å². The maximum absolute atomic E-state index is 9.80. The first-order valence-electron chi connectivity index (χ1n) is 16.1. The van der Waals surface area contributed by atoms with E-state index in [0.717, 1.165) is 44.5 Å². The van der Waals surface area contributed by atoms with E-state index in [-0.39, 0.29) is 0 Å². The number of hydrogen-bond donors (Lipinski definition) is 0. The Labute approximate surface area is 273 Å². The van der Waals surface area contributed by atoms with E-state index in [1.165, 1.54) is 54.3 Å². The maximum Gasteiger partial charge on any atom is 0.165 e. The topological polar surface area (TPSA) is 58.9 Å². The number of benzene rings is 7. The minimum absolute atomic E-state index is 0.585. The smallest absolute Gasteiger partial charge is 0.165 e. The highest BCUT2D eigenvalue weighted by atomic mass is 15.1. The number of nitriles is 1. The number of nitrogens with zero attached hydrogens (tertiary/aromatic N) is 5. The highest BCUT2D eigenvalue weighted by molar-refractivity contribution is 6.37. The van der Waals surface area contributed by atoms with E-state index >= 15 is 0 Å². The van der Waals surface area contributed by atoms with Crippen LogP contribution in [0.15, 0.2) is 140 Å². The summed E-state index contributed by atoms with van der Waals surface area (Å²) in [4.78, 5) is 10.6. The van der Waals surface area contributed by atoms with Crippen molar-refractivity contribution in [1.29, 1.82) is 5.26 Å². The predicted octanol–water partition coefficient (Wildman–Crippen LogP) is 10.6. The van der Waals surface area contributed by atoms with Gasteiger partial charge in [0.2, 0.25) is 0 Å².